The maximum Gasteiger partial charge on any atom is 0.219 e. The third-order valence-electron chi connectivity index (χ3n) is 4.66. The van der Waals surface area contributed by atoms with Gasteiger partial charge in [0.2, 0.25) is 5.91 Å². The lowest BCUT2D eigenvalue weighted by Gasteiger charge is -2.39. The molecule has 0 radical (unpaired) electrons. The van der Waals surface area contributed by atoms with Crippen molar-refractivity contribution in [3.05, 3.63) is 29.8 Å². The molecule has 1 fully saturated rings. The van der Waals surface area contributed by atoms with Crippen LogP contribution in [-0.2, 0) is 4.79 Å². The normalized spacial score (nSPS) is 17.9. The highest BCUT2D eigenvalue weighted by molar-refractivity contribution is 5.73. The zero-order valence-electron chi connectivity index (χ0n) is 15.1. The average Bonchev–Trinajstić information content (AvgIpc) is 2.52. The number of methoxy groups -OCH3 is 1. The summed E-state index contributed by atoms with van der Waals surface area (Å²) in [6, 6.07) is 8.89. The highest BCUT2D eigenvalue weighted by Crippen LogP contribution is 2.38. The first kappa shape index (κ1) is 17.8. The molecule has 1 heterocycles. The van der Waals surface area contributed by atoms with E-state index in [4.69, 9.17) is 4.74 Å². The molecule has 0 aromatic heterocycles. The second-order valence-electron chi connectivity index (χ2n) is 7.49. The van der Waals surface area contributed by atoms with Gasteiger partial charge in [-0.15, -0.1) is 0 Å². The first-order valence-corrected chi connectivity index (χ1v) is 8.47. The molecule has 4 nitrogen and oxygen atoms in total. The lowest BCUT2D eigenvalue weighted by atomic mass is 9.81. The van der Waals surface area contributed by atoms with E-state index in [1.165, 1.54) is 5.56 Å². The van der Waals surface area contributed by atoms with Gasteiger partial charge in [0.15, 0.2) is 0 Å². The Morgan fingerprint density at radius 2 is 1.87 bits per heavy atom. The predicted octanol–water partition coefficient (Wildman–Crippen LogP) is 3.38. The number of para-hydroxylation sites is 1. The van der Waals surface area contributed by atoms with Crippen LogP contribution in [0.1, 0.15) is 52.1 Å². The number of hydrogen-bond donors (Lipinski definition) is 1. The molecule has 0 aliphatic carbocycles. The van der Waals surface area contributed by atoms with Crippen molar-refractivity contribution in [2.75, 3.05) is 20.2 Å². The van der Waals surface area contributed by atoms with Crippen LogP contribution in [0.25, 0.3) is 0 Å². The van der Waals surface area contributed by atoms with E-state index in [1.807, 2.05) is 17.0 Å². The summed E-state index contributed by atoms with van der Waals surface area (Å²) in [6.07, 6.45) is 2.00. The van der Waals surface area contributed by atoms with Gasteiger partial charge in [0.05, 0.1) is 7.11 Å². The zero-order chi connectivity index (χ0) is 17.0. The van der Waals surface area contributed by atoms with Crippen LogP contribution < -0.4 is 10.1 Å². The summed E-state index contributed by atoms with van der Waals surface area (Å²) in [7, 11) is 1.73. The third-order valence-corrected chi connectivity index (χ3v) is 4.66. The molecule has 1 unspecified atom stereocenters. The number of nitrogens with zero attached hydrogens (tertiary/aromatic N) is 1. The van der Waals surface area contributed by atoms with Gasteiger partial charge in [-0.2, -0.15) is 0 Å². The maximum absolute atomic E-state index is 11.5. The second-order valence-corrected chi connectivity index (χ2v) is 7.49. The van der Waals surface area contributed by atoms with Gasteiger partial charge < -0.3 is 15.0 Å². The van der Waals surface area contributed by atoms with Crippen LogP contribution in [0.5, 0.6) is 5.75 Å². The van der Waals surface area contributed by atoms with Crippen LogP contribution in [0.15, 0.2) is 24.3 Å². The van der Waals surface area contributed by atoms with Gasteiger partial charge in [-0.25, -0.2) is 0 Å². The van der Waals surface area contributed by atoms with Crippen molar-refractivity contribution in [3.8, 4) is 5.75 Å². The molecule has 0 spiro atoms. The van der Waals surface area contributed by atoms with Gasteiger partial charge in [0, 0.05) is 37.7 Å². The van der Waals surface area contributed by atoms with E-state index in [2.05, 4.69) is 38.2 Å². The topological polar surface area (TPSA) is 41.6 Å². The zero-order valence-corrected chi connectivity index (χ0v) is 15.1. The van der Waals surface area contributed by atoms with Crippen molar-refractivity contribution in [2.24, 2.45) is 5.41 Å². The monoisotopic (exact) mass is 318 g/mol. The molecule has 1 saturated heterocycles. The maximum atomic E-state index is 11.5. The predicted molar refractivity (Wildman–Crippen MR) is 93.6 cm³/mol. The van der Waals surface area contributed by atoms with E-state index in [1.54, 1.807) is 14.0 Å². The molecule has 1 amide bonds. The molecule has 1 aliphatic rings. The molecule has 1 aromatic carbocycles. The Kier molecular flexibility index (Phi) is 5.69. The number of nitrogens with one attached hydrogen (secondary N) is 1. The van der Waals surface area contributed by atoms with Crippen LogP contribution >= 0.6 is 0 Å². The molecular formula is C19H30N2O2. The first-order valence-electron chi connectivity index (χ1n) is 8.47. The molecule has 23 heavy (non-hydrogen) atoms. The number of piperidine rings is 1. The van der Waals surface area contributed by atoms with E-state index in [0.29, 0.717) is 6.04 Å². The van der Waals surface area contributed by atoms with Crippen LogP contribution in [-0.4, -0.2) is 37.0 Å². The Morgan fingerprint density at radius 1 is 1.26 bits per heavy atom. The van der Waals surface area contributed by atoms with Gasteiger partial charge in [-0.1, -0.05) is 39.0 Å². The van der Waals surface area contributed by atoms with Crippen molar-refractivity contribution in [3.63, 3.8) is 0 Å². The van der Waals surface area contributed by atoms with Crippen molar-refractivity contribution >= 4 is 5.91 Å². The highest BCUT2D eigenvalue weighted by atomic mass is 16.5. The molecule has 128 valence electrons. The molecule has 1 N–H and O–H groups in total. The molecule has 0 bridgehead atoms. The summed E-state index contributed by atoms with van der Waals surface area (Å²) < 4.78 is 5.57. The second kappa shape index (κ2) is 7.35. The first-order chi connectivity index (χ1) is 10.8. The number of ether oxygens (including phenoxy) is 1. The van der Waals surface area contributed by atoms with Crippen LogP contribution in [0, 0.1) is 5.41 Å². The van der Waals surface area contributed by atoms with Gasteiger partial charge >= 0.3 is 0 Å². The fraction of sp³-hybridized carbons (Fsp3) is 0.632. The quantitative estimate of drug-likeness (QED) is 0.925. The largest absolute Gasteiger partial charge is 0.496 e. The van der Waals surface area contributed by atoms with Crippen LogP contribution in [0.3, 0.4) is 0 Å². The Labute approximate surface area is 140 Å². The number of likely N-dealkylation sites (tertiary alicyclic amines) is 1. The summed E-state index contributed by atoms with van der Waals surface area (Å²) in [6.45, 7) is 10.1. The molecule has 2 rings (SSSR count). The van der Waals surface area contributed by atoms with Gasteiger partial charge in [0.1, 0.15) is 5.75 Å². The van der Waals surface area contributed by atoms with Crippen molar-refractivity contribution in [2.45, 2.75) is 52.6 Å². The lowest BCUT2D eigenvalue weighted by Crippen LogP contribution is -2.47. The summed E-state index contributed by atoms with van der Waals surface area (Å²) in [5.74, 6) is 1.11. The average molecular weight is 318 g/mol. The summed E-state index contributed by atoms with van der Waals surface area (Å²) in [4.78, 5) is 13.4. The minimum Gasteiger partial charge on any atom is -0.496 e. The van der Waals surface area contributed by atoms with Gasteiger partial charge in [0.25, 0.3) is 0 Å². The minimum absolute atomic E-state index is 0.0757. The van der Waals surface area contributed by atoms with Crippen molar-refractivity contribution in [1.82, 2.24) is 10.2 Å². The SMILES string of the molecule is COc1ccccc1C(NC1CCN(C(C)=O)CC1)C(C)(C)C. The number of rotatable bonds is 4. The molecule has 0 saturated carbocycles. The molecule has 4 heteroatoms. The molecule has 1 atom stereocenters. The molecular weight excluding hydrogens is 288 g/mol. The van der Waals surface area contributed by atoms with Crippen molar-refractivity contribution in [1.29, 1.82) is 0 Å². The summed E-state index contributed by atoms with van der Waals surface area (Å²) >= 11 is 0. The Balaban J connectivity index is 2.13. The number of hydrogen-bond acceptors (Lipinski definition) is 3. The molecule has 1 aromatic rings. The van der Waals surface area contributed by atoms with E-state index < -0.39 is 0 Å². The van der Waals surface area contributed by atoms with Gasteiger partial charge in [-0.05, 0) is 24.3 Å². The van der Waals surface area contributed by atoms with Crippen LogP contribution in [0.4, 0.5) is 0 Å². The summed E-state index contributed by atoms with van der Waals surface area (Å²) in [5, 5.41) is 3.83. The van der Waals surface area contributed by atoms with E-state index in [9.17, 15) is 4.79 Å². The minimum atomic E-state index is 0.0757. The van der Waals surface area contributed by atoms with Crippen LogP contribution in [0.2, 0.25) is 0 Å². The standard InChI is InChI=1S/C19H30N2O2/c1-14(22)21-12-10-15(11-13-21)20-18(19(2,3)4)16-8-6-7-9-17(16)23-5/h6-9,15,18,20H,10-13H2,1-5H3. The fourth-order valence-electron chi connectivity index (χ4n) is 3.31. The lowest BCUT2D eigenvalue weighted by molar-refractivity contribution is -0.129. The molecule has 1 aliphatic heterocycles. The Hall–Kier alpha value is -1.55. The van der Waals surface area contributed by atoms with Crippen molar-refractivity contribution < 1.29 is 9.53 Å². The Morgan fingerprint density at radius 3 is 2.39 bits per heavy atom. The number of amides is 1. The highest BCUT2D eigenvalue weighted by Gasteiger charge is 2.31. The third kappa shape index (κ3) is 4.47. The number of benzene rings is 1. The van der Waals surface area contributed by atoms with E-state index >= 15 is 0 Å². The smallest absolute Gasteiger partial charge is 0.219 e. The van der Waals surface area contributed by atoms with Gasteiger partial charge in [-0.3, -0.25) is 4.79 Å². The Bertz CT molecular complexity index is 528. The fourth-order valence-corrected chi connectivity index (χ4v) is 3.31. The number of carbonyl (C=O) groups excluding carboxylic acids is 1. The number of carbonyl (C=O) groups is 1. The van der Waals surface area contributed by atoms with E-state index in [-0.39, 0.29) is 17.4 Å². The van der Waals surface area contributed by atoms with E-state index in [0.717, 1.165) is 31.7 Å². The summed E-state index contributed by atoms with van der Waals surface area (Å²) in [5.41, 5.74) is 1.28.